The molecule has 0 bridgehead atoms. The molecule has 1 aromatic rings. The fourth-order valence-electron chi connectivity index (χ4n) is 1.06. The average molecular weight is 203 g/mol. The van der Waals surface area contributed by atoms with E-state index in [0.717, 1.165) is 17.9 Å². The second kappa shape index (κ2) is 5.80. The minimum atomic E-state index is 0. The van der Waals surface area contributed by atoms with E-state index in [4.69, 9.17) is 10.6 Å². The summed E-state index contributed by atoms with van der Waals surface area (Å²) in [4.78, 5) is 0. The smallest absolute Gasteiger partial charge is 0.119 e. The number of ether oxygens (including phenoxy) is 1. The highest BCUT2D eigenvalue weighted by Gasteiger charge is 1.96. The monoisotopic (exact) mass is 202 g/mol. The third kappa shape index (κ3) is 4.12. The molecule has 2 N–H and O–H groups in total. The standard InChI is InChI=1S/C9H14N2O.ClH/c1-11(10)7-8-4-3-5-9(6-8)12-2;/h3-6H,7,10H2,1-2H3;1H. The molecule has 0 saturated carbocycles. The van der Waals surface area contributed by atoms with E-state index in [1.165, 1.54) is 0 Å². The van der Waals surface area contributed by atoms with Crippen molar-refractivity contribution in [3.63, 3.8) is 0 Å². The molecule has 4 heteroatoms. The summed E-state index contributed by atoms with van der Waals surface area (Å²) < 4.78 is 5.08. The van der Waals surface area contributed by atoms with Gasteiger partial charge in [0.25, 0.3) is 0 Å². The van der Waals surface area contributed by atoms with Crippen LogP contribution in [0.5, 0.6) is 5.75 Å². The summed E-state index contributed by atoms with van der Waals surface area (Å²) in [5.74, 6) is 6.38. The maximum Gasteiger partial charge on any atom is 0.119 e. The molecule has 0 fully saturated rings. The summed E-state index contributed by atoms with van der Waals surface area (Å²) in [7, 11) is 3.49. The molecule has 0 spiro atoms. The summed E-state index contributed by atoms with van der Waals surface area (Å²) in [5.41, 5.74) is 1.15. The Morgan fingerprint density at radius 1 is 1.46 bits per heavy atom. The Hall–Kier alpha value is -0.770. The van der Waals surface area contributed by atoms with Crippen LogP contribution in [-0.2, 0) is 6.54 Å². The molecule has 1 aromatic carbocycles. The normalized spacial score (nSPS) is 9.54. The molecule has 3 nitrogen and oxygen atoms in total. The first-order valence-electron chi connectivity index (χ1n) is 3.81. The van der Waals surface area contributed by atoms with Crippen LogP contribution < -0.4 is 10.6 Å². The number of nitrogens with two attached hydrogens (primary N) is 1. The number of methoxy groups -OCH3 is 1. The van der Waals surface area contributed by atoms with Gasteiger partial charge in [0.15, 0.2) is 0 Å². The summed E-state index contributed by atoms with van der Waals surface area (Å²) in [6.45, 7) is 0.733. The Kier molecular flexibility index (Phi) is 5.46. The van der Waals surface area contributed by atoms with Crippen molar-refractivity contribution in [3.05, 3.63) is 29.8 Å². The van der Waals surface area contributed by atoms with Gasteiger partial charge in [0.2, 0.25) is 0 Å². The molecule has 0 radical (unpaired) electrons. The first-order valence-corrected chi connectivity index (χ1v) is 3.81. The Morgan fingerprint density at radius 3 is 2.69 bits per heavy atom. The number of hydrogen-bond acceptors (Lipinski definition) is 3. The molecule has 13 heavy (non-hydrogen) atoms. The van der Waals surface area contributed by atoms with E-state index in [-0.39, 0.29) is 12.4 Å². The molecule has 0 atom stereocenters. The molecule has 0 aliphatic rings. The van der Waals surface area contributed by atoms with Crippen molar-refractivity contribution >= 4 is 12.4 Å². The van der Waals surface area contributed by atoms with Gasteiger partial charge in [-0.05, 0) is 17.7 Å². The highest BCUT2D eigenvalue weighted by atomic mass is 35.5. The van der Waals surface area contributed by atoms with Crippen LogP contribution in [0.25, 0.3) is 0 Å². The number of nitrogens with zero attached hydrogens (tertiary/aromatic N) is 1. The van der Waals surface area contributed by atoms with Crippen LogP contribution in [0.1, 0.15) is 5.56 Å². The van der Waals surface area contributed by atoms with Gasteiger partial charge in [-0.1, -0.05) is 12.1 Å². The lowest BCUT2D eigenvalue weighted by atomic mass is 10.2. The quantitative estimate of drug-likeness (QED) is 0.595. The fourth-order valence-corrected chi connectivity index (χ4v) is 1.06. The third-order valence-electron chi connectivity index (χ3n) is 1.57. The molecule has 0 unspecified atom stereocenters. The first kappa shape index (κ1) is 12.2. The summed E-state index contributed by atoms with van der Waals surface area (Å²) in [6.07, 6.45) is 0. The second-order valence-electron chi connectivity index (χ2n) is 2.77. The predicted octanol–water partition coefficient (Wildman–Crippen LogP) is 1.42. The van der Waals surface area contributed by atoms with Gasteiger partial charge in [-0.25, -0.2) is 5.01 Å². The number of benzene rings is 1. The molecule has 0 aliphatic carbocycles. The van der Waals surface area contributed by atoms with E-state index in [1.54, 1.807) is 12.1 Å². The van der Waals surface area contributed by atoms with Gasteiger partial charge in [0.1, 0.15) is 5.75 Å². The zero-order chi connectivity index (χ0) is 8.97. The van der Waals surface area contributed by atoms with Crippen molar-refractivity contribution in [2.24, 2.45) is 5.84 Å². The number of halogens is 1. The Balaban J connectivity index is 0.00000144. The number of hydrogen-bond donors (Lipinski definition) is 1. The van der Waals surface area contributed by atoms with Crippen molar-refractivity contribution in [1.82, 2.24) is 5.01 Å². The van der Waals surface area contributed by atoms with Gasteiger partial charge in [-0.3, -0.25) is 5.84 Å². The maximum absolute atomic E-state index is 5.51. The lowest BCUT2D eigenvalue weighted by molar-refractivity contribution is 0.340. The van der Waals surface area contributed by atoms with E-state index < -0.39 is 0 Å². The first-order chi connectivity index (χ1) is 5.72. The number of hydrazine groups is 1. The van der Waals surface area contributed by atoms with Crippen molar-refractivity contribution in [3.8, 4) is 5.75 Å². The number of rotatable bonds is 3. The van der Waals surface area contributed by atoms with Crippen LogP contribution in [0.4, 0.5) is 0 Å². The summed E-state index contributed by atoms with van der Waals surface area (Å²) in [6, 6.07) is 7.87. The molecule has 0 amide bonds. The van der Waals surface area contributed by atoms with E-state index in [0.29, 0.717) is 0 Å². The maximum atomic E-state index is 5.51. The van der Waals surface area contributed by atoms with Crippen LogP contribution in [0, 0.1) is 0 Å². The topological polar surface area (TPSA) is 38.5 Å². The Labute approximate surface area is 84.9 Å². The highest BCUT2D eigenvalue weighted by Crippen LogP contribution is 2.12. The molecule has 0 aromatic heterocycles. The molecule has 0 heterocycles. The van der Waals surface area contributed by atoms with Crippen LogP contribution in [0.15, 0.2) is 24.3 Å². The molecular formula is C9H15ClN2O. The van der Waals surface area contributed by atoms with Gasteiger partial charge >= 0.3 is 0 Å². The Bertz CT molecular complexity index is 253. The lowest BCUT2D eigenvalue weighted by Crippen LogP contribution is -2.24. The SMILES string of the molecule is COc1cccc(CN(C)N)c1.Cl. The van der Waals surface area contributed by atoms with Crippen LogP contribution >= 0.6 is 12.4 Å². The van der Waals surface area contributed by atoms with E-state index >= 15 is 0 Å². The predicted molar refractivity (Wildman–Crippen MR) is 55.9 cm³/mol. The van der Waals surface area contributed by atoms with Crippen molar-refractivity contribution in [1.29, 1.82) is 0 Å². The molecule has 0 aliphatic heterocycles. The Morgan fingerprint density at radius 2 is 2.15 bits per heavy atom. The van der Waals surface area contributed by atoms with Crippen LogP contribution in [0.3, 0.4) is 0 Å². The van der Waals surface area contributed by atoms with E-state index in [1.807, 2.05) is 31.3 Å². The third-order valence-corrected chi connectivity index (χ3v) is 1.57. The van der Waals surface area contributed by atoms with Gasteiger partial charge in [0, 0.05) is 13.6 Å². The van der Waals surface area contributed by atoms with Crippen LogP contribution in [-0.4, -0.2) is 19.2 Å². The minimum absolute atomic E-state index is 0. The highest BCUT2D eigenvalue weighted by molar-refractivity contribution is 5.85. The fraction of sp³-hybridized carbons (Fsp3) is 0.333. The van der Waals surface area contributed by atoms with Crippen molar-refractivity contribution < 1.29 is 4.74 Å². The summed E-state index contributed by atoms with van der Waals surface area (Å²) >= 11 is 0. The van der Waals surface area contributed by atoms with E-state index in [9.17, 15) is 0 Å². The summed E-state index contributed by atoms with van der Waals surface area (Å²) in [5, 5.41) is 1.63. The minimum Gasteiger partial charge on any atom is -0.497 e. The largest absolute Gasteiger partial charge is 0.497 e. The second-order valence-corrected chi connectivity index (χ2v) is 2.77. The zero-order valence-electron chi connectivity index (χ0n) is 7.86. The molecule has 74 valence electrons. The van der Waals surface area contributed by atoms with Crippen molar-refractivity contribution in [2.45, 2.75) is 6.54 Å². The molecular weight excluding hydrogens is 188 g/mol. The van der Waals surface area contributed by atoms with Crippen LogP contribution in [0.2, 0.25) is 0 Å². The average Bonchev–Trinajstić information content (AvgIpc) is 2.03. The van der Waals surface area contributed by atoms with Gasteiger partial charge in [0.05, 0.1) is 7.11 Å². The van der Waals surface area contributed by atoms with Gasteiger partial charge in [-0.15, -0.1) is 12.4 Å². The lowest BCUT2D eigenvalue weighted by Gasteiger charge is -2.09. The van der Waals surface area contributed by atoms with Gasteiger partial charge in [-0.2, -0.15) is 0 Å². The zero-order valence-corrected chi connectivity index (χ0v) is 8.67. The molecule has 1 rings (SSSR count). The van der Waals surface area contributed by atoms with Crippen molar-refractivity contribution in [2.75, 3.05) is 14.2 Å². The van der Waals surface area contributed by atoms with E-state index in [2.05, 4.69) is 0 Å². The molecule has 0 saturated heterocycles. The van der Waals surface area contributed by atoms with Gasteiger partial charge < -0.3 is 4.74 Å².